The highest BCUT2D eigenvalue weighted by molar-refractivity contribution is 7.89. The first-order valence-electron chi connectivity index (χ1n) is 10.8. The van der Waals surface area contributed by atoms with Gasteiger partial charge in [0.2, 0.25) is 10.0 Å². The molecule has 33 heavy (non-hydrogen) atoms. The fourth-order valence-corrected chi connectivity index (χ4v) is 5.60. The molecule has 0 atom stereocenters. The van der Waals surface area contributed by atoms with Crippen LogP contribution in [0, 0.1) is 6.92 Å². The van der Waals surface area contributed by atoms with Gasteiger partial charge < -0.3 is 10.0 Å². The minimum Gasteiger partial charge on any atom is -0.507 e. The van der Waals surface area contributed by atoms with E-state index in [0.29, 0.717) is 11.4 Å². The number of amides is 1. The van der Waals surface area contributed by atoms with Crippen molar-refractivity contribution in [3.8, 4) is 11.6 Å². The van der Waals surface area contributed by atoms with Crippen LogP contribution >= 0.6 is 0 Å². The average Bonchev–Trinajstić information content (AvgIpc) is 3.26. The zero-order valence-corrected chi connectivity index (χ0v) is 19.7. The molecule has 1 N–H and O–H groups in total. The van der Waals surface area contributed by atoms with E-state index in [2.05, 4.69) is 10.1 Å². The number of benzene rings is 1. The number of phenolic OH excluding ortho intramolecular Hbond substituents is 1. The van der Waals surface area contributed by atoms with Gasteiger partial charge in [0.05, 0.1) is 17.5 Å². The molecule has 0 unspecified atom stereocenters. The van der Waals surface area contributed by atoms with Gasteiger partial charge in [0.25, 0.3) is 5.91 Å². The molecule has 3 heterocycles. The Balaban J connectivity index is 1.54. The van der Waals surface area contributed by atoms with Gasteiger partial charge in [0, 0.05) is 32.4 Å². The largest absolute Gasteiger partial charge is 0.507 e. The summed E-state index contributed by atoms with van der Waals surface area (Å²) in [6.45, 7) is 6.54. The fourth-order valence-electron chi connectivity index (χ4n) is 4.01. The topological polar surface area (TPSA) is 109 Å². The molecule has 0 saturated carbocycles. The van der Waals surface area contributed by atoms with Crippen LogP contribution in [0.4, 0.5) is 0 Å². The van der Waals surface area contributed by atoms with E-state index in [0.717, 1.165) is 11.3 Å². The molecule has 4 rings (SSSR count). The van der Waals surface area contributed by atoms with Gasteiger partial charge in [-0.15, -0.1) is 0 Å². The highest BCUT2D eigenvalue weighted by Crippen LogP contribution is 2.28. The molecule has 0 spiro atoms. The van der Waals surface area contributed by atoms with E-state index in [1.165, 1.54) is 16.4 Å². The van der Waals surface area contributed by atoms with Gasteiger partial charge in [-0.1, -0.05) is 26.0 Å². The predicted molar refractivity (Wildman–Crippen MR) is 123 cm³/mol. The molecule has 9 nitrogen and oxygen atoms in total. The number of piperazine rings is 1. The van der Waals surface area contributed by atoms with Crippen LogP contribution < -0.4 is 0 Å². The predicted octanol–water partition coefficient (Wildman–Crippen LogP) is 2.55. The Hall–Kier alpha value is -3.24. The van der Waals surface area contributed by atoms with Crippen LogP contribution in [0.3, 0.4) is 0 Å². The molecule has 1 aliphatic rings. The highest BCUT2D eigenvalue weighted by atomic mass is 32.2. The standard InChI is InChI=1S/C23H27N5O4S/c1-16(2)22-18(15-25-28(22)21-6-4-5-9-24-21)23(30)26-10-12-27(13-11-26)33(31,32)20-14-17(3)7-8-19(20)29/h4-9,14-16,29H,10-13H2,1-3H3. The second-order valence-electron chi connectivity index (χ2n) is 8.37. The van der Waals surface area contributed by atoms with Crippen molar-refractivity contribution in [1.82, 2.24) is 24.0 Å². The van der Waals surface area contributed by atoms with Crippen molar-refractivity contribution in [2.75, 3.05) is 26.2 Å². The number of rotatable bonds is 5. The van der Waals surface area contributed by atoms with Crippen molar-refractivity contribution in [2.45, 2.75) is 31.6 Å². The number of phenols is 1. The van der Waals surface area contributed by atoms with E-state index in [4.69, 9.17) is 0 Å². The molecule has 2 aromatic heterocycles. The summed E-state index contributed by atoms with van der Waals surface area (Å²) >= 11 is 0. The summed E-state index contributed by atoms with van der Waals surface area (Å²) in [5.74, 6) is 0.201. The molecule has 1 saturated heterocycles. The maximum Gasteiger partial charge on any atom is 0.257 e. The van der Waals surface area contributed by atoms with Crippen LogP contribution in [0.1, 0.15) is 41.4 Å². The van der Waals surface area contributed by atoms with Gasteiger partial charge in [-0.3, -0.25) is 4.79 Å². The Morgan fingerprint density at radius 1 is 1.09 bits per heavy atom. The summed E-state index contributed by atoms with van der Waals surface area (Å²) in [6, 6.07) is 10.0. The van der Waals surface area contributed by atoms with Gasteiger partial charge in [0.1, 0.15) is 10.6 Å². The molecular weight excluding hydrogens is 442 g/mol. The molecule has 0 aliphatic carbocycles. The van der Waals surface area contributed by atoms with Crippen LogP contribution in [0.2, 0.25) is 0 Å². The summed E-state index contributed by atoms with van der Waals surface area (Å²) in [7, 11) is -3.86. The van der Waals surface area contributed by atoms with Crippen molar-refractivity contribution in [2.24, 2.45) is 0 Å². The van der Waals surface area contributed by atoms with Crippen molar-refractivity contribution >= 4 is 15.9 Å². The van der Waals surface area contributed by atoms with Crippen molar-refractivity contribution in [3.05, 3.63) is 65.6 Å². The third-order valence-corrected chi connectivity index (χ3v) is 7.64. The summed E-state index contributed by atoms with van der Waals surface area (Å²) in [5, 5.41) is 14.5. The van der Waals surface area contributed by atoms with Crippen LogP contribution in [0.15, 0.2) is 53.7 Å². The molecule has 0 radical (unpaired) electrons. The number of carbonyl (C=O) groups excluding carboxylic acids is 1. The maximum atomic E-state index is 13.3. The second-order valence-corrected chi connectivity index (χ2v) is 10.3. The number of hydrogen-bond acceptors (Lipinski definition) is 6. The molecule has 1 aliphatic heterocycles. The number of pyridine rings is 1. The number of hydrogen-bond donors (Lipinski definition) is 1. The number of carbonyl (C=O) groups is 1. The van der Waals surface area contributed by atoms with Gasteiger partial charge in [-0.05, 0) is 42.7 Å². The monoisotopic (exact) mass is 469 g/mol. The van der Waals surface area contributed by atoms with Gasteiger partial charge in [0.15, 0.2) is 5.82 Å². The summed E-state index contributed by atoms with van der Waals surface area (Å²) < 4.78 is 29.1. The fraction of sp³-hybridized carbons (Fsp3) is 0.348. The quantitative estimate of drug-likeness (QED) is 0.615. The lowest BCUT2D eigenvalue weighted by Gasteiger charge is -2.34. The number of sulfonamides is 1. The molecule has 10 heteroatoms. The minimum absolute atomic E-state index is 0.0272. The van der Waals surface area contributed by atoms with E-state index >= 15 is 0 Å². The number of aryl methyl sites for hydroxylation is 1. The SMILES string of the molecule is Cc1ccc(O)c(S(=O)(=O)N2CCN(C(=O)c3cnn(-c4ccccn4)c3C(C)C)CC2)c1. The van der Waals surface area contributed by atoms with Crippen LogP contribution in [0.5, 0.6) is 5.75 Å². The van der Waals surface area contributed by atoms with Crippen molar-refractivity contribution < 1.29 is 18.3 Å². The third-order valence-electron chi connectivity index (χ3n) is 5.71. The zero-order chi connectivity index (χ0) is 23.8. The summed E-state index contributed by atoms with van der Waals surface area (Å²) in [6.07, 6.45) is 3.23. The Bertz CT molecular complexity index is 1260. The molecular formula is C23H27N5O4S. The van der Waals surface area contributed by atoms with Gasteiger partial charge in [-0.2, -0.15) is 9.40 Å². The molecule has 1 amide bonds. The average molecular weight is 470 g/mol. The maximum absolute atomic E-state index is 13.3. The van der Waals surface area contributed by atoms with Crippen molar-refractivity contribution in [3.63, 3.8) is 0 Å². The first kappa shape index (κ1) is 22.9. The number of aromatic nitrogens is 3. The Morgan fingerprint density at radius 3 is 2.45 bits per heavy atom. The van der Waals surface area contributed by atoms with E-state index < -0.39 is 10.0 Å². The van der Waals surface area contributed by atoms with Crippen LogP contribution in [0.25, 0.3) is 5.82 Å². The molecule has 1 aromatic carbocycles. The van der Waals surface area contributed by atoms with Gasteiger partial charge >= 0.3 is 0 Å². The first-order chi connectivity index (χ1) is 15.7. The lowest BCUT2D eigenvalue weighted by Crippen LogP contribution is -2.50. The zero-order valence-electron chi connectivity index (χ0n) is 18.8. The lowest BCUT2D eigenvalue weighted by molar-refractivity contribution is 0.0696. The minimum atomic E-state index is -3.86. The number of aromatic hydroxyl groups is 1. The van der Waals surface area contributed by atoms with Crippen LogP contribution in [-0.2, 0) is 10.0 Å². The smallest absolute Gasteiger partial charge is 0.257 e. The van der Waals surface area contributed by atoms with Crippen molar-refractivity contribution in [1.29, 1.82) is 0 Å². The Labute approximate surface area is 193 Å². The van der Waals surface area contributed by atoms with E-state index in [1.54, 1.807) is 35.0 Å². The molecule has 0 bridgehead atoms. The normalized spacial score (nSPS) is 15.2. The second kappa shape index (κ2) is 8.95. The summed E-state index contributed by atoms with van der Waals surface area (Å²) in [5.41, 5.74) is 1.99. The molecule has 3 aromatic rings. The lowest BCUT2D eigenvalue weighted by atomic mass is 10.0. The Morgan fingerprint density at radius 2 is 1.82 bits per heavy atom. The van der Waals surface area contributed by atoms with Crippen LogP contribution in [-0.4, -0.2) is 69.6 Å². The van der Waals surface area contributed by atoms with E-state index in [9.17, 15) is 18.3 Å². The first-order valence-corrected chi connectivity index (χ1v) is 12.2. The molecule has 174 valence electrons. The highest BCUT2D eigenvalue weighted by Gasteiger charge is 2.33. The summed E-state index contributed by atoms with van der Waals surface area (Å²) in [4.78, 5) is 19.2. The van der Waals surface area contributed by atoms with Gasteiger partial charge in [-0.25, -0.2) is 18.1 Å². The third kappa shape index (κ3) is 4.36. The number of nitrogens with zero attached hydrogens (tertiary/aromatic N) is 5. The molecule has 1 fully saturated rings. The van der Waals surface area contributed by atoms with E-state index in [1.807, 2.05) is 32.0 Å². The van der Waals surface area contributed by atoms with E-state index in [-0.39, 0.29) is 48.6 Å². The Kier molecular flexibility index (Phi) is 6.22.